The summed E-state index contributed by atoms with van der Waals surface area (Å²) in [5.41, 5.74) is 3.68. The van der Waals surface area contributed by atoms with Crippen molar-refractivity contribution < 1.29 is 14.0 Å². The fourth-order valence-corrected chi connectivity index (χ4v) is 3.17. The third-order valence-electron chi connectivity index (χ3n) is 4.56. The maximum absolute atomic E-state index is 13.3. The highest BCUT2D eigenvalue weighted by molar-refractivity contribution is 6.13. The van der Waals surface area contributed by atoms with Gasteiger partial charge >= 0.3 is 0 Å². The van der Waals surface area contributed by atoms with Gasteiger partial charge < -0.3 is 10.6 Å². The van der Waals surface area contributed by atoms with Gasteiger partial charge in [-0.3, -0.25) is 9.59 Å². The molecule has 2 N–H and O–H groups in total. The van der Waals surface area contributed by atoms with Crippen LogP contribution in [0.2, 0.25) is 0 Å². The van der Waals surface area contributed by atoms with Gasteiger partial charge in [-0.1, -0.05) is 18.2 Å². The summed E-state index contributed by atoms with van der Waals surface area (Å²) in [6.45, 7) is 1.43. The molecule has 3 aromatic carbocycles. The molecule has 2 amide bonds. The number of amides is 2. The summed E-state index contributed by atoms with van der Waals surface area (Å²) in [6.07, 6.45) is 0. The van der Waals surface area contributed by atoms with Crippen molar-refractivity contribution in [2.24, 2.45) is 0 Å². The second-order valence-corrected chi connectivity index (χ2v) is 6.79. The number of pyridine rings is 1. The number of anilines is 2. The molecule has 30 heavy (non-hydrogen) atoms. The fraction of sp³-hybridized carbons (Fsp3) is 0.0417. The second-order valence-electron chi connectivity index (χ2n) is 6.79. The van der Waals surface area contributed by atoms with Gasteiger partial charge in [0, 0.05) is 29.2 Å². The molecule has 4 aromatic rings. The molecule has 0 saturated heterocycles. The summed E-state index contributed by atoms with van der Waals surface area (Å²) < 4.78 is 13.3. The van der Waals surface area contributed by atoms with Crippen LogP contribution in [0.1, 0.15) is 17.3 Å². The molecule has 148 valence electrons. The predicted molar refractivity (Wildman–Crippen MR) is 116 cm³/mol. The number of carbonyl (C=O) groups is 2. The number of hydrogen-bond acceptors (Lipinski definition) is 3. The Balaban J connectivity index is 1.69. The van der Waals surface area contributed by atoms with Gasteiger partial charge in [-0.05, 0) is 60.7 Å². The van der Waals surface area contributed by atoms with E-state index in [0.717, 1.165) is 10.9 Å². The zero-order valence-corrected chi connectivity index (χ0v) is 16.1. The van der Waals surface area contributed by atoms with Crippen molar-refractivity contribution in [1.29, 1.82) is 0 Å². The Kier molecular flexibility index (Phi) is 5.22. The van der Waals surface area contributed by atoms with Crippen molar-refractivity contribution in [1.82, 2.24) is 4.98 Å². The van der Waals surface area contributed by atoms with Crippen molar-refractivity contribution in [3.63, 3.8) is 0 Å². The summed E-state index contributed by atoms with van der Waals surface area (Å²) in [5, 5.41) is 6.28. The van der Waals surface area contributed by atoms with Crippen LogP contribution in [0.4, 0.5) is 15.8 Å². The maximum Gasteiger partial charge on any atom is 0.256 e. The number of aromatic nitrogens is 1. The standard InChI is InChI=1S/C24H18FN3O2/c1-15(29)26-18-10-12-19(13-11-18)27-24(30)21-14-23(16-6-8-17(25)9-7-16)28-22-5-3-2-4-20(21)22/h2-14H,1H3,(H,26,29)(H,27,30). The lowest BCUT2D eigenvalue weighted by molar-refractivity contribution is -0.114. The summed E-state index contributed by atoms with van der Waals surface area (Å²) >= 11 is 0. The van der Waals surface area contributed by atoms with Gasteiger partial charge in [0.25, 0.3) is 5.91 Å². The Morgan fingerprint density at radius 1 is 0.833 bits per heavy atom. The van der Waals surface area contributed by atoms with E-state index in [0.29, 0.717) is 28.1 Å². The van der Waals surface area contributed by atoms with Gasteiger partial charge in [-0.15, -0.1) is 0 Å². The summed E-state index contributed by atoms with van der Waals surface area (Å²) in [4.78, 5) is 28.8. The third-order valence-corrected chi connectivity index (χ3v) is 4.56. The van der Waals surface area contributed by atoms with Crippen LogP contribution in [0.25, 0.3) is 22.2 Å². The predicted octanol–water partition coefficient (Wildman–Crippen LogP) is 5.25. The molecule has 0 aliphatic heterocycles. The van der Waals surface area contributed by atoms with E-state index in [-0.39, 0.29) is 17.6 Å². The third kappa shape index (κ3) is 4.17. The van der Waals surface area contributed by atoms with E-state index >= 15 is 0 Å². The van der Waals surface area contributed by atoms with E-state index in [2.05, 4.69) is 15.6 Å². The van der Waals surface area contributed by atoms with E-state index in [4.69, 9.17) is 0 Å². The van der Waals surface area contributed by atoms with E-state index in [1.54, 1.807) is 42.5 Å². The van der Waals surface area contributed by atoms with E-state index < -0.39 is 0 Å². The Morgan fingerprint density at radius 2 is 1.47 bits per heavy atom. The summed E-state index contributed by atoms with van der Waals surface area (Å²) in [5.74, 6) is -0.784. The van der Waals surface area contributed by atoms with Crippen molar-refractivity contribution in [3.8, 4) is 11.3 Å². The van der Waals surface area contributed by atoms with Crippen LogP contribution in [0.5, 0.6) is 0 Å². The average molecular weight is 399 g/mol. The molecule has 1 aromatic heterocycles. The SMILES string of the molecule is CC(=O)Nc1ccc(NC(=O)c2cc(-c3ccc(F)cc3)nc3ccccc23)cc1. The quantitative estimate of drug-likeness (QED) is 0.492. The molecule has 0 radical (unpaired) electrons. The van der Waals surface area contributed by atoms with Crippen LogP contribution in [-0.2, 0) is 4.79 Å². The van der Waals surface area contributed by atoms with Crippen molar-refractivity contribution in [2.45, 2.75) is 6.92 Å². The molecule has 0 saturated carbocycles. The van der Waals surface area contributed by atoms with Crippen molar-refractivity contribution >= 4 is 34.1 Å². The molecule has 0 aliphatic rings. The number of nitrogens with one attached hydrogen (secondary N) is 2. The number of rotatable bonds is 4. The number of halogens is 1. The molecular formula is C24H18FN3O2. The van der Waals surface area contributed by atoms with E-state index in [9.17, 15) is 14.0 Å². The second kappa shape index (κ2) is 8.13. The molecule has 0 unspecified atom stereocenters. The lowest BCUT2D eigenvalue weighted by atomic mass is 10.0. The Bertz CT molecular complexity index is 1240. The van der Waals surface area contributed by atoms with Crippen LogP contribution < -0.4 is 10.6 Å². The highest BCUT2D eigenvalue weighted by atomic mass is 19.1. The highest BCUT2D eigenvalue weighted by Crippen LogP contribution is 2.26. The number of hydrogen-bond donors (Lipinski definition) is 2. The first-order chi connectivity index (χ1) is 14.5. The average Bonchev–Trinajstić information content (AvgIpc) is 2.74. The molecule has 0 spiro atoms. The summed E-state index contributed by atoms with van der Waals surface area (Å²) in [6, 6.07) is 21.9. The minimum atomic E-state index is -0.333. The molecule has 0 bridgehead atoms. The Labute approximate surface area is 172 Å². The number of fused-ring (bicyclic) bond motifs is 1. The maximum atomic E-state index is 13.3. The molecule has 5 nitrogen and oxygen atoms in total. The van der Waals surface area contributed by atoms with Crippen LogP contribution in [0, 0.1) is 5.82 Å². The Morgan fingerprint density at radius 3 is 2.13 bits per heavy atom. The van der Waals surface area contributed by atoms with Crippen molar-refractivity contribution in [3.05, 3.63) is 90.2 Å². The molecule has 4 rings (SSSR count). The zero-order chi connectivity index (χ0) is 21.1. The summed E-state index contributed by atoms with van der Waals surface area (Å²) in [7, 11) is 0. The first-order valence-electron chi connectivity index (χ1n) is 9.34. The first kappa shape index (κ1) is 19.3. The lowest BCUT2D eigenvalue weighted by Gasteiger charge is -2.11. The molecule has 6 heteroatoms. The van der Waals surface area contributed by atoms with Gasteiger partial charge in [0.05, 0.1) is 16.8 Å². The molecule has 1 heterocycles. The topological polar surface area (TPSA) is 71.1 Å². The Hall–Kier alpha value is -4.06. The molecule has 0 aliphatic carbocycles. The van der Waals surface area contributed by atoms with Crippen molar-refractivity contribution in [2.75, 3.05) is 10.6 Å². The minimum Gasteiger partial charge on any atom is -0.326 e. The largest absolute Gasteiger partial charge is 0.326 e. The van der Waals surface area contributed by atoms with Crippen LogP contribution in [-0.4, -0.2) is 16.8 Å². The van der Waals surface area contributed by atoms with Gasteiger partial charge in [0.1, 0.15) is 5.82 Å². The number of benzene rings is 3. The molecular weight excluding hydrogens is 381 g/mol. The zero-order valence-electron chi connectivity index (χ0n) is 16.1. The van der Waals surface area contributed by atoms with Crippen LogP contribution >= 0.6 is 0 Å². The van der Waals surface area contributed by atoms with E-state index in [1.807, 2.05) is 24.3 Å². The minimum absolute atomic E-state index is 0.164. The fourth-order valence-electron chi connectivity index (χ4n) is 3.17. The highest BCUT2D eigenvalue weighted by Gasteiger charge is 2.14. The smallest absolute Gasteiger partial charge is 0.256 e. The number of para-hydroxylation sites is 1. The van der Waals surface area contributed by atoms with Gasteiger partial charge in [0.2, 0.25) is 5.91 Å². The van der Waals surface area contributed by atoms with E-state index in [1.165, 1.54) is 19.1 Å². The van der Waals surface area contributed by atoms with Gasteiger partial charge in [-0.25, -0.2) is 9.37 Å². The molecule has 0 fully saturated rings. The number of carbonyl (C=O) groups excluding carboxylic acids is 2. The number of nitrogens with zero attached hydrogens (tertiary/aromatic N) is 1. The van der Waals surface area contributed by atoms with Crippen LogP contribution in [0.3, 0.4) is 0 Å². The first-order valence-corrected chi connectivity index (χ1v) is 9.34. The van der Waals surface area contributed by atoms with Crippen LogP contribution in [0.15, 0.2) is 78.9 Å². The normalized spacial score (nSPS) is 10.6. The molecule has 0 atom stereocenters. The van der Waals surface area contributed by atoms with Gasteiger partial charge in [-0.2, -0.15) is 0 Å². The monoisotopic (exact) mass is 399 g/mol. The van der Waals surface area contributed by atoms with Gasteiger partial charge in [0.15, 0.2) is 0 Å². The lowest BCUT2D eigenvalue weighted by Crippen LogP contribution is -2.13.